The van der Waals surface area contributed by atoms with E-state index >= 15 is 0 Å². The second-order valence-corrected chi connectivity index (χ2v) is 5.70. The minimum atomic E-state index is -0.799. The van der Waals surface area contributed by atoms with Crippen molar-refractivity contribution in [2.45, 2.75) is 4.90 Å². The Labute approximate surface area is 130 Å². The molecular weight excluding hydrogens is 315 g/mol. The fourth-order valence-electron chi connectivity index (χ4n) is 1.70. The molecule has 0 atom stereocenters. The first-order chi connectivity index (χ1) is 10.1. The van der Waals surface area contributed by atoms with Crippen LogP contribution in [0.2, 0.25) is 5.02 Å². The predicted molar refractivity (Wildman–Crippen MR) is 83.7 cm³/mol. The van der Waals surface area contributed by atoms with Gasteiger partial charge >= 0.3 is 0 Å². The molecule has 0 saturated heterocycles. The monoisotopic (exact) mass is 326 g/mol. The van der Waals surface area contributed by atoms with E-state index in [-0.39, 0.29) is 16.4 Å². The van der Waals surface area contributed by atoms with Gasteiger partial charge in [-0.15, -0.1) is 11.8 Å². The number of nitrogens with one attached hydrogen (secondary N) is 1. The number of hydrogen-bond acceptors (Lipinski definition) is 4. The molecule has 2 aromatic rings. The first kappa shape index (κ1) is 15.6. The average Bonchev–Trinajstić information content (AvgIpc) is 2.47. The Hall–Kier alpha value is -1.79. The number of benzene rings is 2. The van der Waals surface area contributed by atoms with Crippen LogP contribution < -0.4 is 5.32 Å². The lowest BCUT2D eigenvalue weighted by atomic mass is 10.2. The molecular formula is C14H12ClFN2O2S. The highest BCUT2D eigenvalue weighted by molar-refractivity contribution is 7.99. The minimum absolute atomic E-state index is 0.140. The van der Waals surface area contributed by atoms with Gasteiger partial charge in [0.05, 0.1) is 16.0 Å². The van der Waals surface area contributed by atoms with E-state index in [0.717, 1.165) is 16.7 Å². The Bertz CT molecular complexity index is 640. The highest BCUT2D eigenvalue weighted by Crippen LogP contribution is 2.30. The molecule has 0 aromatic heterocycles. The number of rotatable bonds is 6. The van der Waals surface area contributed by atoms with E-state index in [1.165, 1.54) is 6.07 Å². The van der Waals surface area contributed by atoms with Gasteiger partial charge in [-0.2, -0.15) is 0 Å². The number of nitro benzene ring substituents is 1. The van der Waals surface area contributed by atoms with Crippen LogP contribution in [0.15, 0.2) is 47.4 Å². The van der Waals surface area contributed by atoms with Gasteiger partial charge in [-0.3, -0.25) is 10.1 Å². The molecule has 4 nitrogen and oxygen atoms in total. The second kappa shape index (κ2) is 7.28. The number of thioether (sulfide) groups is 1. The Balaban J connectivity index is 1.96. The van der Waals surface area contributed by atoms with Crippen molar-refractivity contribution in [2.24, 2.45) is 0 Å². The Morgan fingerprint density at radius 2 is 2.00 bits per heavy atom. The third-order valence-electron chi connectivity index (χ3n) is 2.66. The maximum absolute atomic E-state index is 13.3. The average molecular weight is 327 g/mol. The lowest BCUT2D eigenvalue weighted by Gasteiger charge is -2.08. The SMILES string of the molecule is O=[N+]([O-])c1cc(F)c(Cl)cc1NCCSc1ccccc1. The fourth-order valence-corrected chi connectivity index (χ4v) is 2.65. The second-order valence-electron chi connectivity index (χ2n) is 4.13. The maximum Gasteiger partial charge on any atom is 0.295 e. The van der Waals surface area contributed by atoms with Crippen molar-refractivity contribution in [2.75, 3.05) is 17.6 Å². The first-order valence-corrected chi connectivity index (χ1v) is 7.49. The number of halogens is 2. The molecule has 0 radical (unpaired) electrons. The molecule has 0 amide bonds. The van der Waals surface area contributed by atoms with E-state index in [4.69, 9.17) is 11.6 Å². The predicted octanol–water partition coefficient (Wildman–Crippen LogP) is 4.59. The van der Waals surface area contributed by atoms with E-state index < -0.39 is 10.7 Å². The van der Waals surface area contributed by atoms with Crippen LogP contribution in [0, 0.1) is 15.9 Å². The molecule has 1 N–H and O–H groups in total. The molecule has 0 saturated carbocycles. The first-order valence-electron chi connectivity index (χ1n) is 6.13. The summed E-state index contributed by atoms with van der Waals surface area (Å²) in [7, 11) is 0. The van der Waals surface area contributed by atoms with Gasteiger partial charge in [0.25, 0.3) is 5.69 Å². The molecule has 0 aliphatic rings. The Kier molecular flexibility index (Phi) is 5.41. The highest BCUT2D eigenvalue weighted by atomic mass is 35.5. The van der Waals surface area contributed by atoms with Gasteiger partial charge < -0.3 is 5.32 Å². The quantitative estimate of drug-likeness (QED) is 0.365. The molecule has 110 valence electrons. The van der Waals surface area contributed by atoms with Crippen molar-refractivity contribution in [3.05, 3.63) is 63.4 Å². The van der Waals surface area contributed by atoms with Gasteiger partial charge in [-0.05, 0) is 18.2 Å². The summed E-state index contributed by atoms with van der Waals surface area (Å²) < 4.78 is 13.3. The van der Waals surface area contributed by atoms with Crippen LogP contribution in [0.4, 0.5) is 15.8 Å². The molecule has 0 fully saturated rings. The molecule has 0 aliphatic heterocycles. The van der Waals surface area contributed by atoms with Crippen molar-refractivity contribution in [3.8, 4) is 0 Å². The molecule has 7 heteroatoms. The zero-order chi connectivity index (χ0) is 15.2. The van der Waals surface area contributed by atoms with Crippen molar-refractivity contribution in [3.63, 3.8) is 0 Å². The van der Waals surface area contributed by atoms with Crippen LogP contribution in [0.3, 0.4) is 0 Å². The van der Waals surface area contributed by atoms with Crippen molar-refractivity contribution >= 4 is 34.7 Å². The molecule has 0 unspecified atom stereocenters. The molecule has 2 aromatic carbocycles. The summed E-state index contributed by atoms with van der Waals surface area (Å²) in [4.78, 5) is 11.4. The molecule has 0 heterocycles. The summed E-state index contributed by atoms with van der Waals surface area (Å²) in [6, 6.07) is 11.9. The lowest BCUT2D eigenvalue weighted by Crippen LogP contribution is -2.06. The zero-order valence-electron chi connectivity index (χ0n) is 10.9. The summed E-state index contributed by atoms with van der Waals surface area (Å²) in [5, 5.41) is 13.7. The zero-order valence-corrected chi connectivity index (χ0v) is 12.5. The van der Waals surface area contributed by atoms with Gasteiger partial charge in [-0.25, -0.2) is 4.39 Å². The van der Waals surface area contributed by atoms with Crippen LogP contribution in [-0.2, 0) is 0 Å². The topological polar surface area (TPSA) is 55.2 Å². The van der Waals surface area contributed by atoms with Crippen LogP contribution >= 0.6 is 23.4 Å². The number of hydrogen-bond donors (Lipinski definition) is 1. The van der Waals surface area contributed by atoms with Crippen LogP contribution in [0.5, 0.6) is 0 Å². The van der Waals surface area contributed by atoms with Gasteiger partial charge in [0.2, 0.25) is 0 Å². The Morgan fingerprint density at radius 1 is 1.29 bits per heavy atom. The van der Waals surface area contributed by atoms with E-state index in [9.17, 15) is 14.5 Å². The van der Waals surface area contributed by atoms with Gasteiger partial charge in [0, 0.05) is 17.2 Å². The maximum atomic E-state index is 13.3. The number of nitrogens with zero attached hydrogens (tertiary/aromatic N) is 1. The highest BCUT2D eigenvalue weighted by Gasteiger charge is 2.17. The van der Waals surface area contributed by atoms with Crippen LogP contribution in [0.1, 0.15) is 0 Å². The van der Waals surface area contributed by atoms with Crippen molar-refractivity contribution in [1.82, 2.24) is 0 Å². The summed E-state index contributed by atoms with van der Waals surface area (Å²) in [6.07, 6.45) is 0. The minimum Gasteiger partial charge on any atom is -0.379 e. The standard InChI is InChI=1S/C14H12ClFN2O2S/c15-11-8-13(14(18(19)20)9-12(11)16)17-6-7-21-10-4-2-1-3-5-10/h1-5,8-9,17H,6-7H2. The number of nitro groups is 1. The van der Waals surface area contributed by atoms with E-state index in [1.54, 1.807) is 11.8 Å². The summed E-state index contributed by atoms with van der Waals surface area (Å²) in [6.45, 7) is 0.502. The molecule has 0 bridgehead atoms. The summed E-state index contributed by atoms with van der Waals surface area (Å²) in [5.41, 5.74) is -0.0957. The Morgan fingerprint density at radius 3 is 2.67 bits per heavy atom. The molecule has 21 heavy (non-hydrogen) atoms. The van der Waals surface area contributed by atoms with Crippen LogP contribution in [-0.4, -0.2) is 17.2 Å². The van der Waals surface area contributed by atoms with E-state index in [1.807, 2.05) is 30.3 Å². The number of anilines is 1. The van der Waals surface area contributed by atoms with Gasteiger partial charge in [-0.1, -0.05) is 29.8 Å². The largest absolute Gasteiger partial charge is 0.379 e. The fraction of sp³-hybridized carbons (Fsp3) is 0.143. The van der Waals surface area contributed by atoms with E-state index in [2.05, 4.69) is 5.32 Å². The molecule has 0 aliphatic carbocycles. The van der Waals surface area contributed by atoms with E-state index in [0.29, 0.717) is 6.54 Å². The molecule has 2 rings (SSSR count). The van der Waals surface area contributed by atoms with Crippen molar-refractivity contribution < 1.29 is 9.31 Å². The lowest BCUT2D eigenvalue weighted by molar-refractivity contribution is -0.384. The van der Waals surface area contributed by atoms with Gasteiger partial charge in [0.1, 0.15) is 11.5 Å². The third-order valence-corrected chi connectivity index (χ3v) is 3.97. The molecule has 0 spiro atoms. The summed E-state index contributed by atoms with van der Waals surface area (Å²) in [5.74, 6) is -0.0801. The van der Waals surface area contributed by atoms with Crippen LogP contribution in [0.25, 0.3) is 0 Å². The summed E-state index contributed by atoms with van der Waals surface area (Å²) >= 11 is 7.28. The normalized spacial score (nSPS) is 10.4. The smallest absolute Gasteiger partial charge is 0.295 e. The van der Waals surface area contributed by atoms with Gasteiger partial charge in [0.15, 0.2) is 0 Å². The van der Waals surface area contributed by atoms with Crippen molar-refractivity contribution in [1.29, 1.82) is 0 Å². The third kappa shape index (κ3) is 4.34.